The monoisotopic (exact) mass is 296 g/mol. The van der Waals surface area contributed by atoms with E-state index in [4.69, 9.17) is 4.74 Å². The summed E-state index contributed by atoms with van der Waals surface area (Å²) < 4.78 is 5.31. The summed E-state index contributed by atoms with van der Waals surface area (Å²) in [7, 11) is 0. The molecule has 6 heteroatoms. The lowest BCUT2D eigenvalue weighted by atomic mass is 10.0. The molecule has 0 bridgehead atoms. The summed E-state index contributed by atoms with van der Waals surface area (Å²) in [6, 6.07) is -0.339. The molecule has 21 heavy (non-hydrogen) atoms. The van der Waals surface area contributed by atoms with Gasteiger partial charge in [0.1, 0.15) is 5.92 Å². The molecule has 3 rings (SSSR count). The number of likely N-dealkylation sites (tertiary alicyclic amines) is 1. The number of ether oxygens (including phenoxy) is 1. The standard InChI is InChI=1S/C15H24N2O4/c1-2-17(13-9-21-8-12(13)14(18)19)15(20)16-6-10-4-3-5-11(10)7-16/h10-13H,2-9H2,1H3,(H,18,19). The number of carbonyl (C=O) groups is 2. The molecular weight excluding hydrogens is 272 g/mol. The average Bonchev–Trinajstić information content (AvgIpc) is 3.14. The van der Waals surface area contributed by atoms with Gasteiger partial charge in [-0.1, -0.05) is 6.42 Å². The Hall–Kier alpha value is -1.30. The Kier molecular flexibility index (Phi) is 4.06. The van der Waals surface area contributed by atoms with Gasteiger partial charge in [0.05, 0.1) is 19.3 Å². The quantitative estimate of drug-likeness (QED) is 0.851. The van der Waals surface area contributed by atoms with Crippen molar-refractivity contribution in [1.29, 1.82) is 0 Å². The molecule has 3 aliphatic rings. The third kappa shape index (κ3) is 2.61. The number of carbonyl (C=O) groups excluding carboxylic acids is 1. The minimum atomic E-state index is -0.873. The van der Waals surface area contributed by atoms with E-state index in [9.17, 15) is 14.7 Å². The molecule has 0 aromatic heterocycles. The van der Waals surface area contributed by atoms with Gasteiger partial charge in [0.2, 0.25) is 0 Å². The molecule has 0 spiro atoms. The highest BCUT2D eigenvalue weighted by atomic mass is 16.5. The molecule has 6 nitrogen and oxygen atoms in total. The molecule has 1 N–H and O–H groups in total. The number of aliphatic carboxylic acids is 1. The SMILES string of the molecule is CCN(C(=O)N1CC2CCCC2C1)C1COCC1C(=O)O. The third-order valence-corrected chi connectivity index (χ3v) is 5.35. The average molecular weight is 296 g/mol. The van der Waals surface area contributed by atoms with Crippen molar-refractivity contribution >= 4 is 12.0 Å². The number of fused-ring (bicyclic) bond motifs is 1. The lowest BCUT2D eigenvalue weighted by Gasteiger charge is -2.33. The van der Waals surface area contributed by atoms with E-state index in [-0.39, 0.29) is 18.7 Å². The molecule has 0 aromatic carbocycles. The molecular formula is C15H24N2O4. The van der Waals surface area contributed by atoms with Crippen molar-refractivity contribution in [2.75, 3.05) is 32.8 Å². The summed E-state index contributed by atoms with van der Waals surface area (Å²) in [5.41, 5.74) is 0. The Labute approximate surface area is 125 Å². The number of amides is 2. The van der Waals surface area contributed by atoms with Crippen LogP contribution in [0.2, 0.25) is 0 Å². The second kappa shape index (κ2) is 5.83. The predicted octanol–water partition coefficient (Wildman–Crippen LogP) is 1.26. The van der Waals surface area contributed by atoms with Gasteiger partial charge in [-0.05, 0) is 31.6 Å². The lowest BCUT2D eigenvalue weighted by Crippen LogP contribution is -2.51. The maximum absolute atomic E-state index is 12.8. The number of carboxylic acid groups (broad SMARTS) is 1. The van der Waals surface area contributed by atoms with Crippen LogP contribution in [0, 0.1) is 17.8 Å². The molecule has 2 amide bonds. The molecule has 2 saturated heterocycles. The summed E-state index contributed by atoms with van der Waals surface area (Å²) in [6.45, 7) is 4.65. The molecule has 1 saturated carbocycles. The summed E-state index contributed by atoms with van der Waals surface area (Å²) in [6.07, 6.45) is 3.74. The summed E-state index contributed by atoms with van der Waals surface area (Å²) in [5.74, 6) is -0.163. The zero-order valence-corrected chi connectivity index (χ0v) is 12.5. The van der Waals surface area contributed by atoms with E-state index >= 15 is 0 Å². The Bertz CT molecular complexity index is 416. The van der Waals surface area contributed by atoms with Crippen LogP contribution in [0.4, 0.5) is 4.79 Å². The lowest BCUT2D eigenvalue weighted by molar-refractivity contribution is -0.142. The maximum Gasteiger partial charge on any atom is 0.320 e. The van der Waals surface area contributed by atoms with Crippen LogP contribution < -0.4 is 0 Å². The van der Waals surface area contributed by atoms with Gasteiger partial charge in [-0.15, -0.1) is 0 Å². The molecule has 0 radical (unpaired) electrons. The van der Waals surface area contributed by atoms with Gasteiger partial charge in [0.15, 0.2) is 0 Å². The number of likely N-dealkylation sites (N-methyl/N-ethyl adjacent to an activating group) is 1. The summed E-state index contributed by atoms with van der Waals surface area (Å²) in [4.78, 5) is 27.7. The van der Waals surface area contributed by atoms with Crippen molar-refractivity contribution in [2.45, 2.75) is 32.2 Å². The van der Waals surface area contributed by atoms with Gasteiger partial charge < -0.3 is 19.6 Å². The number of nitrogens with zero attached hydrogens (tertiary/aromatic N) is 2. The molecule has 2 heterocycles. The van der Waals surface area contributed by atoms with E-state index in [2.05, 4.69) is 0 Å². The highest BCUT2D eigenvalue weighted by Gasteiger charge is 2.44. The topological polar surface area (TPSA) is 70.1 Å². The first-order valence-corrected chi connectivity index (χ1v) is 7.98. The fourth-order valence-electron chi connectivity index (χ4n) is 4.17. The van der Waals surface area contributed by atoms with Crippen molar-refractivity contribution < 1.29 is 19.4 Å². The van der Waals surface area contributed by atoms with E-state index in [0.717, 1.165) is 13.1 Å². The predicted molar refractivity (Wildman–Crippen MR) is 75.9 cm³/mol. The van der Waals surface area contributed by atoms with Gasteiger partial charge in [-0.25, -0.2) is 4.79 Å². The van der Waals surface area contributed by atoms with Crippen molar-refractivity contribution in [3.05, 3.63) is 0 Å². The first-order valence-electron chi connectivity index (χ1n) is 7.98. The van der Waals surface area contributed by atoms with Crippen LogP contribution in [0.25, 0.3) is 0 Å². The largest absolute Gasteiger partial charge is 0.481 e. The summed E-state index contributed by atoms with van der Waals surface area (Å²) in [5, 5.41) is 9.27. The van der Waals surface area contributed by atoms with Crippen LogP contribution in [-0.2, 0) is 9.53 Å². The van der Waals surface area contributed by atoms with Gasteiger partial charge in [0, 0.05) is 19.6 Å². The molecule has 4 unspecified atom stereocenters. The van der Waals surface area contributed by atoms with Gasteiger partial charge in [0.25, 0.3) is 0 Å². The Morgan fingerprint density at radius 2 is 1.90 bits per heavy atom. The van der Waals surface area contributed by atoms with Crippen molar-refractivity contribution in [3.63, 3.8) is 0 Å². The Balaban J connectivity index is 1.68. The molecule has 2 aliphatic heterocycles. The van der Waals surface area contributed by atoms with E-state index in [1.807, 2.05) is 11.8 Å². The van der Waals surface area contributed by atoms with Gasteiger partial charge >= 0.3 is 12.0 Å². The Morgan fingerprint density at radius 1 is 1.24 bits per heavy atom. The molecule has 118 valence electrons. The minimum absolute atomic E-state index is 0.00588. The van der Waals surface area contributed by atoms with E-state index in [1.54, 1.807) is 4.90 Å². The van der Waals surface area contributed by atoms with Crippen LogP contribution in [0.3, 0.4) is 0 Å². The highest BCUT2D eigenvalue weighted by Crippen LogP contribution is 2.38. The van der Waals surface area contributed by atoms with Crippen LogP contribution in [0.1, 0.15) is 26.2 Å². The van der Waals surface area contributed by atoms with Gasteiger partial charge in [-0.3, -0.25) is 4.79 Å². The fraction of sp³-hybridized carbons (Fsp3) is 0.867. The smallest absolute Gasteiger partial charge is 0.320 e. The number of urea groups is 1. The fourth-order valence-corrected chi connectivity index (χ4v) is 4.17. The molecule has 0 aromatic rings. The van der Waals surface area contributed by atoms with Crippen LogP contribution in [0.15, 0.2) is 0 Å². The third-order valence-electron chi connectivity index (χ3n) is 5.35. The number of carboxylic acids is 1. The van der Waals surface area contributed by atoms with Crippen LogP contribution >= 0.6 is 0 Å². The zero-order chi connectivity index (χ0) is 15.0. The Morgan fingerprint density at radius 3 is 2.48 bits per heavy atom. The van der Waals surface area contributed by atoms with Crippen molar-refractivity contribution in [3.8, 4) is 0 Å². The first kappa shape index (κ1) is 14.6. The van der Waals surface area contributed by atoms with E-state index in [0.29, 0.717) is 25.0 Å². The second-order valence-electron chi connectivity index (χ2n) is 6.47. The van der Waals surface area contributed by atoms with Crippen molar-refractivity contribution in [2.24, 2.45) is 17.8 Å². The second-order valence-corrected chi connectivity index (χ2v) is 6.47. The van der Waals surface area contributed by atoms with E-state index in [1.165, 1.54) is 19.3 Å². The normalized spacial score (nSPS) is 35.0. The maximum atomic E-state index is 12.8. The van der Waals surface area contributed by atoms with E-state index < -0.39 is 11.9 Å². The number of rotatable bonds is 3. The minimum Gasteiger partial charge on any atom is -0.481 e. The van der Waals surface area contributed by atoms with Gasteiger partial charge in [-0.2, -0.15) is 0 Å². The highest BCUT2D eigenvalue weighted by molar-refractivity contribution is 5.77. The zero-order valence-electron chi connectivity index (χ0n) is 12.5. The molecule has 4 atom stereocenters. The van der Waals surface area contributed by atoms with Crippen LogP contribution in [-0.4, -0.2) is 65.8 Å². The molecule has 1 aliphatic carbocycles. The molecule has 3 fully saturated rings. The first-order chi connectivity index (χ1) is 10.1. The van der Waals surface area contributed by atoms with Crippen molar-refractivity contribution in [1.82, 2.24) is 9.80 Å². The number of hydrogen-bond acceptors (Lipinski definition) is 3. The van der Waals surface area contributed by atoms with Crippen LogP contribution in [0.5, 0.6) is 0 Å². The number of hydrogen-bond donors (Lipinski definition) is 1. The summed E-state index contributed by atoms with van der Waals surface area (Å²) >= 11 is 0.